The number of nitro groups is 1. The molecule has 0 radical (unpaired) electrons. The predicted octanol–water partition coefficient (Wildman–Crippen LogP) is 1.41. The predicted molar refractivity (Wildman–Crippen MR) is 63.8 cm³/mol. The Morgan fingerprint density at radius 3 is 3.00 bits per heavy atom. The van der Waals surface area contributed by atoms with Crippen LogP contribution in [0.4, 0.5) is 5.82 Å². The third kappa shape index (κ3) is 3.13. The van der Waals surface area contributed by atoms with E-state index in [2.05, 4.69) is 17.0 Å². The minimum absolute atomic E-state index is 0.0760. The van der Waals surface area contributed by atoms with E-state index in [4.69, 9.17) is 0 Å². The molecule has 1 fully saturated rings. The zero-order valence-corrected chi connectivity index (χ0v) is 9.85. The van der Waals surface area contributed by atoms with E-state index in [0.29, 0.717) is 18.2 Å². The summed E-state index contributed by atoms with van der Waals surface area (Å²) >= 11 is 0. The molecule has 1 saturated carbocycles. The zero-order chi connectivity index (χ0) is 12.4. The summed E-state index contributed by atoms with van der Waals surface area (Å²) in [5.41, 5.74) is 1.56. The van der Waals surface area contributed by atoms with Gasteiger partial charge in [0.05, 0.1) is 23.4 Å². The molecule has 0 atom stereocenters. The first-order valence-electron chi connectivity index (χ1n) is 5.64. The molecule has 0 bridgehead atoms. The third-order valence-electron chi connectivity index (χ3n) is 2.70. The van der Waals surface area contributed by atoms with Gasteiger partial charge in [-0.2, -0.15) is 4.68 Å². The molecular weight excluding hydrogens is 220 g/mol. The molecule has 6 heteroatoms. The van der Waals surface area contributed by atoms with Crippen molar-refractivity contribution in [3.8, 4) is 0 Å². The summed E-state index contributed by atoms with van der Waals surface area (Å²) in [4.78, 5) is 10.2. The van der Waals surface area contributed by atoms with E-state index in [9.17, 15) is 10.1 Å². The van der Waals surface area contributed by atoms with Crippen LogP contribution in [0.1, 0.15) is 18.4 Å². The van der Waals surface area contributed by atoms with Crippen molar-refractivity contribution in [1.29, 1.82) is 0 Å². The summed E-state index contributed by atoms with van der Waals surface area (Å²) in [5.74, 6) is -0.0760. The number of aromatic nitrogens is 2. The Labute approximate surface area is 99.5 Å². The van der Waals surface area contributed by atoms with Gasteiger partial charge in [-0.15, -0.1) is 0 Å². The van der Waals surface area contributed by atoms with E-state index in [1.54, 1.807) is 17.8 Å². The minimum Gasteiger partial charge on any atom is -0.358 e. The van der Waals surface area contributed by atoms with Gasteiger partial charge in [0, 0.05) is 12.6 Å². The average Bonchev–Trinajstić information content (AvgIpc) is 3.00. The number of hydrogen-bond acceptors (Lipinski definition) is 4. The smallest absolute Gasteiger partial charge is 0.358 e. The Morgan fingerprint density at radius 2 is 2.47 bits per heavy atom. The van der Waals surface area contributed by atoms with Crippen LogP contribution in [0.3, 0.4) is 0 Å². The van der Waals surface area contributed by atoms with Crippen molar-refractivity contribution in [3.63, 3.8) is 0 Å². The van der Waals surface area contributed by atoms with E-state index < -0.39 is 4.92 Å². The Kier molecular flexibility index (Phi) is 3.23. The first-order chi connectivity index (χ1) is 8.06. The Balaban J connectivity index is 1.90. The van der Waals surface area contributed by atoms with Crippen LogP contribution in [0.15, 0.2) is 18.3 Å². The maximum atomic E-state index is 10.6. The summed E-state index contributed by atoms with van der Waals surface area (Å²) in [5, 5.41) is 17.9. The third-order valence-corrected chi connectivity index (χ3v) is 2.70. The van der Waals surface area contributed by atoms with E-state index in [0.717, 1.165) is 12.1 Å². The van der Waals surface area contributed by atoms with Crippen molar-refractivity contribution in [2.24, 2.45) is 0 Å². The minimum atomic E-state index is -0.461. The van der Waals surface area contributed by atoms with Gasteiger partial charge in [-0.1, -0.05) is 6.58 Å². The molecule has 1 heterocycles. The monoisotopic (exact) mass is 236 g/mol. The van der Waals surface area contributed by atoms with Crippen molar-refractivity contribution in [2.45, 2.75) is 32.4 Å². The molecule has 6 nitrogen and oxygen atoms in total. The van der Waals surface area contributed by atoms with Crippen LogP contribution in [0.2, 0.25) is 0 Å². The molecule has 17 heavy (non-hydrogen) atoms. The van der Waals surface area contributed by atoms with Gasteiger partial charge in [-0.25, -0.2) is 0 Å². The summed E-state index contributed by atoms with van der Waals surface area (Å²) in [7, 11) is 0. The van der Waals surface area contributed by atoms with Crippen LogP contribution >= 0.6 is 0 Å². The maximum Gasteiger partial charge on any atom is 0.392 e. The highest BCUT2D eigenvalue weighted by atomic mass is 16.6. The Morgan fingerprint density at radius 1 is 1.76 bits per heavy atom. The summed E-state index contributed by atoms with van der Waals surface area (Å²) in [6.45, 7) is 6.90. The van der Waals surface area contributed by atoms with Crippen LogP contribution in [-0.4, -0.2) is 27.3 Å². The molecule has 2 rings (SSSR count). The molecular formula is C11H16N4O2. The van der Waals surface area contributed by atoms with Gasteiger partial charge < -0.3 is 15.4 Å². The van der Waals surface area contributed by atoms with Gasteiger partial charge >= 0.3 is 5.82 Å². The lowest BCUT2D eigenvalue weighted by Gasteiger charge is -2.04. The number of hydrogen-bond donors (Lipinski definition) is 1. The molecule has 1 aliphatic carbocycles. The number of nitrogens with zero attached hydrogens (tertiary/aromatic N) is 3. The van der Waals surface area contributed by atoms with Crippen LogP contribution in [0.25, 0.3) is 0 Å². The second-order valence-corrected chi connectivity index (χ2v) is 4.50. The maximum absolute atomic E-state index is 10.6. The van der Waals surface area contributed by atoms with E-state index >= 15 is 0 Å². The van der Waals surface area contributed by atoms with Crippen molar-refractivity contribution in [2.75, 3.05) is 6.54 Å². The molecule has 0 amide bonds. The van der Waals surface area contributed by atoms with E-state index in [1.165, 1.54) is 12.8 Å². The molecule has 0 unspecified atom stereocenters. The molecule has 1 aromatic rings. The summed E-state index contributed by atoms with van der Waals surface area (Å²) in [6.07, 6.45) is 4.15. The van der Waals surface area contributed by atoms with Gasteiger partial charge in [0.1, 0.15) is 0 Å². The normalized spacial score (nSPS) is 14.9. The average molecular weight is 236 g/mol. The largest absolute Gasteiger partial charge is 0.392 e. The quantitative estimate of drug-likeness (QED) is 0.460. The standard InChI is InChI=1S/C11H16N4O2/c1-8(5-12-10-3-4-10)6-14-7-9(2)11(13-14)15(16)17/h7,10,12H,1,3-6H2,2H3. The van der Waals surface area contributed by atoms with Gasteiger partial charge in [0.2, 0.25) is 0 Å². The van der Waals surface area contributed by atoms with Crippen LogP contribution in [0, 0.1) is 17.0 Å². The van der Waals surface area contributed by atoms with Crippen molar-refractivity contribution in [1.82, 2.24) is 15.1 Å². The van der Waals surface area contributed by atoms with Gasteiger partial charge in [0.25, 0.3) is 0 Å². The fourth-order valence-electron chi connectivity index (χ4n) is 1.63. The lowest BCUT2D eigenvalue weighted by molar-refractivity contribution is -0.390. The highest BCUT2D eigenvalue weighted by Gasteiger charge is 2.21. The van der Waals surface area contributed by atoms with Gasteiger partial charge in [-0.05, 0) is 30.3 Å². The first-order valence-corrected chi connectivity index (χ1v) is 5.64. The molecule has 1 N–H and O–H groups in total. The second-order valence-electron chi connectivity index (χ2n) is 4.50. The highest BCUT2D eigenvalue weighted by Crippen LogP contribution is 2.19. The zero-order valence-electron chi connectivity index (χ0n) is 9.85. The second kappa shape index (κ2) is 4.67. The molecule has 1 aromatic heterocycles. The fourth-order valence-corrected chi connectivity index (χ4v) is 1.63. The van der Waals surface area contributed by atoms with Crippen molar-refractivity contribution in [3.05, 3.63) is 34.0 Å². The summed E-state index contributed by atoms with van der Waals surface area (Å²) in [6, 6.07) is 0.639. The SMILES string of the molecule is C=C(CNC1CC1)Cn1cc(C)c([N+](=O)[O-])n1. The Bertz CT molecular complexity index is 448. The van der Waals surface area contributed by atoms with Crippen molar-refractivity contribution < 1.29 is 4.92 Å². The summed E-state index contributed by atoms with van der Waals surface area (Å²) < 4.78 is 1.57. The van der Waals surface area contributed by atoms with Crippen LogP contribution in [-0.2, 0) is 6.54 Å². The van der Waals surface area contributed by atoms with Gasteiger partial charge in [0.15, 0.2) is 0 Å². The fraction of sp³-hybridized carbons (Fsp3) is 0.545. The van der Waals surface area contributed by atoms with E-state index in [-0.39, 0.29) is 5.82 Å². The number of rotatable bonds is 6. The molecule has 92 valence electrons. The lowest BCUT2D eigenvalue weighted by Crippen LogP contribution is -2.21. The molecule has 0 aliphatic heterocycles. The highest BCUT2D eigenvalue weighted by molar-refractivity contribution is 5.28. The van der Waals surface area contributed by atoms with Crippen LogP contribution in [0.5, 0.6) is 0 Å². The van der Waals surface area contributed by atoms with Crippen LogP contribution < -0.4 is 5.32 Å². The number of nitrogens with one attached hydrogen (secondary N) is 1. The van der Waals surface area contributed by atoms with Crippen molar-refractivity contribution >= 4 is 5.82 Å². The molecule has 0 spiro atoms. The molecule has 0 saturated heterocycles. The van der Waals surface area contributed by atoms with Gasteiger partial charge in [-0.3, -0.25) is 0 Å². The van der Waals surface area contributed by atoms with E-state index in [1.807, 2.05) is 0 Å². The number of aryl methyl sites for hydroxylation is 1. The lowest BCUT2D eigenvalue weighted by atomic mass is 10.3. The molecule has 1 aliphatic rings. The topological polar surface area (TPSA) is 73.0 Å². The first kappa shape index (κ1) is 11.8. The molecule has 0 aromatic carbocycles. The Hall–Kier alpha value is -1.69.